The fourth-order valence-electron chi connectivity index (χ4n) is 4.70. The van der Waals surface area contributed by atoms with E-state index in [1.165, 1.54) is 30.4 Å². The van der Waals surface area contributed by atoms with Gasteiger partial charge in [-0.3, -0.25) is 9.59 Å². The van der Waals surface area contributed by atoms with Gasteiger partial charge < -0.3 is 10.6 Å². The Bertz CT molecular complexity index is 1150. The van der Waals surface area contributed by atoms with Crippen LogP contribution >= 0.6 is 0 Å². The number of rotatable bonds is 7. The zero-order valence-corrected chi connectivity index (χ0v) is 19.7. The van der Waals surface area contributed by atoms with Gasteiger partial charge in [-0.05, 0) is 62.9 Å². The molecule has 3 aromatic rings. The van der Waals surface area contributed by atoms with Crippen LogP contribution in [0.15, 0.2) is 36.4 Å². The van der Waals surface area contributed by atoms with Crippen LogP contribution in [0, 0.1) is 13.8 Å². The van der Waals surface area contributed by atoms with Gasteiger partial charge in [-0.1, -0.05) is 48.2 Å². The lowest BCUT2D eigenvalue weighted by Gasteiger charge is -2.22. The number of benzene rings is 2. The Kier molecular flexibility index (Phi) is 7.06. The van der Waals surface area contributed by atoms with Gasteiger partial charge in [0.15, 0.2) is 0 Å². The van der Waals surface area contributed by atoms with E-state index in [9.17, 15) is 9.59 Å². The van der Waals surface area contributed by atoms with Crippen molar-refractivity contribution in [2.45, 2.75) is 77.9 Å². The monoisotopic (exact) mass is 447 g/mol. The molecule has 1 fully saturated rings. The fourth-order valence-corrected chi connectivity index (χ4v) is 4.70. The smallest absolute Gasteiger partial charge is 0.251 e. The lowest BCUT2D eigenvalue weighted by atomic mass is 9.95. The van der Waals surface area contributed by atoms with E-state index in [2.05, 4.69) is 53.0 Å². The van der Waals surface area contributed by atoms with E-state index in [1.807, 2.05) is 19.1 Å². The number of nitrogens with one attached hydrogen (secondary N) is 2. The summed E-state index contributed by atoms with van der Waals surface area (Å²) in [5.74, 6) is -0.0901. The Labute approximate surface area is 194 Å². The highest BCUT2D eigenvalue weighted by molar-refractivity contribution is 5.97. The number of hydrogen-bond acceptors (Lipinski definition) is 4. The first kappa shape index (κ1) is 23.0. The van der Waals surface area contributed by atoms with Crippen molar-refractivity contribution in [2.75, 3.05) is 0 Å². The summed E-state index contributed by atoms with van der Waals surface area (Å²) in [6.07, 6.45) is 6.01. The molecule has 1 atom stereocenters. The Balaban J connectivity index is 1.35. The predicted molar refractivity (Wildman–Crippen MR) is 129 cm³/mol. The number of fused-ring (bicyclic) bond motifs is 1. The summed E-state index contributed by atoms with van der Waals surface area (Å²) in [4.78, 5) is 25.2. The third-order valence-electron chi connectivity index (χ3n) is 6.54. The molecular weight excluding hydrogens is 414 g/mol. The Morgan fingerprint density at radius 2 is 1.88 bits per heavy atom. The minimum absolute atomic E-state index is 0.0328. The number of hydrogen-bond donors (Lipinski definition) is 2. The van der Waals surface area contributed by atoms with Crippen molar-refractivity contribution in [3.63, 3.8) is 0 Å². The number of aromatic nitrogens is 3. The minimum atomic E-state index is -0.0594. The normalized spacial score (nSPS) is 15.4. The summed E-state index contributed by atoms with van der Waals surface area (Å²) in [7, 11) is 0. The van der Waals surface area contributed by atoms with E-state index in [1.54, 1.807) is 10.7 Å². The average Bonchev–Trinajstić information content (AvgIpc) is 3.20. The Morgan fingerprint density at radius 3 is 2.64 bits per heavy atom. The van der Waals surface area contributed by atoms with Crippen LogP contribution in [0.25, 0.3) is 11.0 Å². The molecule has 7 heteroatoms. The number of nitrogens with zero attached hydrogens (tertiary/aromatic N) is 3. The first-order valence-electron chi connectivity index (χ1n) is 11.9. The minimum Gasteiger partial charge on any atom is -0.350 e. The van der Waals surface area contributed by atoms with E-state index in [0.717, 1.165) is 23.9 Å². The number of carbonyl (C=O) groups is 2. The molecule has 33 heavy (non-hydrogen) atoms. The molecule has 0 saturated heterocycles. The van der Waals surface area contributed by atoms with E-state index < -0.39 is 0 Å². The molecule has 0 spiro atoms. The highest BCUT2D eigenvalue weighted by Gasteiger charge is 2.18. The second-order valence-electron chi connectivity index (χ2n) is 9.22. The second kappa shape index (κ2) is 10.1. The average molecular weight is 448 g/mol. The van der Waals surface area contributed by atoms with Crippen molar-refractivity contribution in [3.8, 4) is 0 Å². The summed E-state index contributed by atoms with van der Waals surface area (Å²) in [5.41, 5.74) is 5.59. The fraction of sp³-hybridized carbons (Fsp3) is 0.462. The van der Waals surface area contributed by atoms with Crippen molar-refractivity contribution in [3.05, 3.63) is 58.7 Å². The zero-order valence-electron chi connectivity index (χ0n) is 19.7. The van der Waals surface area contributed by atoms with Gasteiger partial charge in [-0.25, -0.2) is 4.68 Å². The molecule has 0 bridgehead atoms. The molecule has 2 N–H and O–H groups in total. The summed E-state index contributed by atoms with van der Waals surface area (Å²) in [6, 6.07) is 11.9. The first-order chi connectivity index (χ1) is 15.9. The predicted octanol–water partition coefficient (Wildman–Crippen LogP) is 4.38. The molecule has 1 heterocycles. The van der Waals surface area contributed by atoms with Gasteiger partial charge in [-0.2, -0.15) is 0 Å². The molecule has 2 amide bonds. The summed E-state index contributed by atoms with van der Waals surface area (Å²) >= 11 is 0. The van der Waals surface area contributed by atoms with Crippen molar-refractivity contribution in [2.24, 2.45) is 0 Å². The van der Waals surface area contributed by atoms with Crippen LogP contribution in [0.5, 0.6) is 0 Å². The van der Waals surface area contributed by atoms with Crippen LogP contribution < -0.4 is 10.6 Å². The molecule has 1 saturated carbocycles. The number of aryl methyl sites for hydroxylation is 3. The van der Waals surface area contributed by atoms with Crippen LogP contribution in [-0.4, -0.2) is 32.9 Å². The molecule has 4 rings (SSSR count). The van der Waals surface area contributed by atoms with Gasteiger partial charge in [-0.15, -0.1) is 5.10 Å². The van der Waals surface area contributed by atoms with Crippen LogP contribution in [0.4, 0.5) is 0 Å². The standard InChI is InChI=1S/C26H33N5O2/c1-17-9-11-22(18(2)15-17)19(3)27-25(32)13-14-31-24-12-10-20(16-23(24)29-30-31)26(33)28-21-7-5-4-6-8-21/h9-12,15-16,19,21H,4-8,13-14H2,1-3H3,(H,27,32)(H,28,33). The van der Waals surface area contributed by atoms with Crippen LogP contribution in [0.3, 0.4) is 0 Å². The van der Waals surface area contributed by atoms with Gasteiger partial charge in [0.25, 0.3) is 5.91 Å². The maximum absolute atomic E-state index is 12.6. The van der Waals surface area contributed by atoms with Gasteiger partial charge in [0.2, 0.25) is 5.91 Å². The molecule has 1 aromatic heterocycles. The molecule has 0 aliphatic heterocycles. The van der Waals surface area contributed by atoms with Crippen molar-refractivity contribution >= 4 is 22.8 Å². The van der Waals surface area contributed by atoms with Gasteiger partial charge >= 0.3 is 0 Å². The zero-order chi connectivity index (χ0) is 23.4. The molecule has 1 aliphatic carbocycles. The van der Waals surface area contributed by atoms with Crippen molar-refractivity contribution in [1.82, 2.24) is 25.6 Å². The van der Waals surface area contributed by atoms with Gasteiger partial charge in [0.1, 0.15) is 5.52 Å². The molecule has 7 nitrogen and oxygen atoms in total. The van der Waals surface area contributed by atoms with Crippen molar-refractivity contribution in [1.29, 1.82) is 0 Å². The molecular formula is C26H33N5O2. The van der Waals surface area contributed by atoms with E-state index in [0.29, 0.717) is 24.0 Å². The maximum atomic E-state index is 12.6. The van der Waals surface area contributed by atoms with E-state index >= 15 is 0 Å². The summed E-state index contributed by atoms with van der Waals surface area (Å²) in [5, 5.41) is 14.6. The number of amides is 2. The molecule has 174 valence electrons. The molecule has 0 radical (unpaired) electrons. The summed E-state index contributed by atoms with van der Waals surface area (Å²) < 4.78 is 1.72. The van der Waals surface area contributed by atoms with Crippen molar-refractivity contribution < 1.29 is 9.59 Å². The van der Waals surface area contributed by atoms with Crippen LogP contribution in [-0.2, 0) is 11.3 Å². The molecule has 2 aromatic carbocycles. The topological polar surface area (TPSA) is 88.9 Å². The maximum Gasteiger partial charge on any atom is 0.251 e. The quantitative estimate of drug-likeness (QED) is 0.563. The van der Waals surface area contributed by atoms with Gasteiger partial charge in [0.05, 0.1) is 18.1 Å². The third kappa shape index (κ3) is 5.59. The largest absolute Gasteiger partial charge is 0.350 e. The second-order valence-corrected chi connectivity index (χ2v) is 9.22. The first-order valence-corrected chi connectivity index (χ1v) is 11.9. The lowest BCUT2D eigenvalue weighted by molar-refractivity contribution is -0.122. The van der Waals surface area contributed by atoms with Crippen LogP contribution in [0.1, 0.15) is 78.5 Å². The van der Waals surface area contributed by atoms with Gasteiger partial charge in [0, 0.05) is 18.0 Å². The lowest BCUT2D eigenvalue weighted by Crippen LogP contribution is -2.36. The Morgan fingerprint density at radius 1 is 1.09 bits per heavy atom. The van der Waals surface area contributed by atoms with Crippen LogP contribution in [0.2, 0.25) is 0 Å². The highest BCUT2D eigenvalue weighted by Crippen LogP contribution is 2.20. The van der Waals surface area contributed by atoms with E-state index in [-0.39, 0.29) is 23.9 Å². The molecule has 1 unspecified atom stereocenters. The summed E-state index contributed by atoms with van der Waals surface area (Å²) in [6.45, 7) is 6.56. The highest BCUT2D eigenvalue weighted by atomic mass is 16.2. The Hall–Kier alpha value is -3.22. The third-order valence-corrected chi connectivity index (χ3v) is 6.54. The SMILES string of the molecule is Cc1ccc(C(C)NC(=O)CCn2nnc3cc(C(=O)NC4CCCCC4)ccc32)c(C)c1. The number of carbonyl (C=O) groups excluding carboxylic acids is 2. The van der Waals surface area contributed by atoms with E-state index in [4.69, 9.17) is 0 Å². The molecule has 1 aliphatic rings.